The van der Waals surface area contributed by atoms with Gasteiger partial charge in [0.05, 0.1) is 0 Å². The molecule has 1 fully saturated rings. The summed E-state index contributed by atoms with van der Waals surface area (Å²) in [5.41, 5.74) is 12.0. The number of hydrogen-bond acceptors (Lipinski definition) is 5. The standard InChI is InChI=1S/C17H27N5O/c1-13(20-15-6-3-2-4-7-15)21-17-14(12-19)8-9-16(23)22(17)11-5-10-18/h8-9,12,15,20H,1-7,10-11,18-19H2/b14-12-,21-17+. The molecule has 1 aliphatic carbocycles. The Morgan fingerprint density at radius 1 is 1.39 bits per heavy atom. The van der Waals surface area contributed by atoms with Gasteiger partial charge in [-0.1, -0.05) is 25.8 Å². The number of aliphatic imine (C=N–C) groups is 1. The number of nitrogens with two attached hydrogens (primary N) is 2. The summed E-state index contributed by atoms with van der Waals surface area (Å²) in [5.74, 6) is 1.02. The third-order valence-electron chi connectivity index (χ3n) is 4.17. The summed E-state index contributed by atoms with van der Waals surface area (Å²) in [4.78, 5) is 18.3. The molecule has 0 aromatic rings. The topological polar surface area (TPSA) is 96.7 Å². The average molecular weight is 317 g/mol. The molecule has 126 valence electrons. The van der Waals surface area contributed by atoms with Gasteiger partial charge >= 0.3 is 0 Å². The number of nitrogens with one attached hydrogen (secondary N) is 1. The lowest BCUT2D eigenvalue weighted by molar-refractivity contribution is -0.122. The van der Waals surface area contributed by atoms with Gasteiger partial charge in [-0.25, -0.2) is 4.99 Å². The van der Waals surface area contributed by atoms with Crippen molar-refractivity contribution in [2.45, 2.75) is 44.6 Å². The van der Waals surface area contributed by atoms with Gasteiger partial charge in [0.2, 0.25) is 0 Å². The van der Waals surface area contributed by atoms with E-state index in [1.807, 2.05) is 0 Å². The van der Waals surface area contributed by atoms with Crippen molar-refractivity contribution in [2.75, 3.05) is 13.1 Å². The second-order valence-corrected chi connectivity index (χ2v) is 5.95. The van der Waals surface area contributed by atoms with Crippen LogP contribution in [0.1, 0.15) is 38.5 Å². The van der Waals surface area contributed by atoms with Crippen molar-refractivity contribution in [3.05, 3.63) is 36.3 Å². The second-order valence-electron chi connectivity index (χ2n) is 5.95. The highest BCUT2D eigenvalue weighted by Crippen LogP contribution is 2.19. The molecule has 1 aliphatic heterocycles. The average Bonchev–Trinajstić information content (AvgIpc) is 2.55. The fraction of sp³-hybridized carbons (Fsp3) is 0.529. The lowest BCUT2D eigenvalue weighted by atomic mass is 9.96. The number of amidine groups is 1. The van der Waals surface area contributed by atoms with Crippen LogP contribution in [-0.4, -0.2) is 35.8 Å². The number of carbonyl (C=O) groups excluding carboxylic acids is 1. The summed E-state index contributed by atoms with van der Waals surface area (Å²) in [5, 5.41) is 3.37. The Bertz CT molecular complexity index is 529. The van der Waals surface area contributed by atoms with Crippen LogP contribution in [0.5, 0.6) is 0 Å². The highest BCUT2D eigenvalue weighted by molar-refractivity contribution is 6.15. The Morgan fingerprint density at radius 3 is 2.78 bits per heavy atom. The van der Waals surface area contributed by atoms with Crippen molar-refractivity contribution in [3.8, 4) is 0 Å². The van der Waals surface area contributed by atoms with Crippen molar-refractivity contribution in [3.63, 3.8) is 0 Å². The minimum atomic E-state index is -0.103. The number of nitrogens with zero attached hydrogens (tertiary/aromatic N) is 2. The van der Waals surface area contributed by atoms with Gasteiger partial charge in [0, 0.05) is 30.4 Å². The van der Waals surface area contributed by atoms with Crippen molar-refractivity contribution in [1.82, 2.24) is 10.2 Å². The van der Waals surface area contributed by atoms with Crippen LogP contribution >= 0.6 is 0 Å². The van der Waals surface area contributed by atoms with Crippen molar-refractivity contribution >= 4 is 11.7 Å². The first-order valence-electron chi connectivity index (χ1n) is 8.31. The molecule has 6 heteroatoms. The highest BCUT2D eigenvalue weighted by atomic mass is 16.2. The van der Waals surface area contributed by atoms with E-state index in [1.165, 1.54) is 31.5 Å². The van der Waals surface area contributed by atoms with E-state index in [4.69, 9.17) is 11.5 Å². The van der Waals surface area contributed by atoms with Crippen LogP contribution < -0.4 is 16.8 Å². The third kappa shape index (κ3) is 4.69. The fourth-order valence-corrected chi connectivity index (χ4v) is 2.95. The zero-order valence-electron chi connectivity index (χ0n) is 13.6. The lowest BCUT2D eigenvalue weighted by Gasteiger charge is -2.28. The summed E-state index contributed by atoms with van der Waals surface area (Å²) in [6.45, 7) is 5.04. The number of carbonyl (C=O) groups is 1. The number of amides is 1. The molecule has 1 amide bonds. The summed E-state index contributed by atoms with van der Waals surface area (Å²) in [7, 11) is 0. The zero-order chi connectivity index (χ0) is 16.7. The van der Waals surface area contributed by atoms with Crippen LogP contribution in [0.15, 0.2) is 41.3 Å². The van der Waals surface area contributed by atoms with E-state index in [9.17, 15) is 4.79 Å². The Morgan fingerprint density at radius 2 is 2.13 bits per heavy atom. The highest BCUT2D eigenvalue weighted by Gasteiger charge is 2.24. The summed E-state index contributed by atoms with van der Waals surface area (Å²) in [6.07, 6.45) is 11.4. The molecule has 0 atom stereocenters. The minimum absolute atomic E-state index is 0.103. The third-order valence-corrected chi connectivity index (χ3v) is 4.17. The first-order valence-corrected chi connectivity index (χ1v) is 8.31. The molecule has 1 heterocycles. The van der Waals surface area contributed by atoms with Gasteiger partial charge in [-0.3, -0.25) is 9.69 Å². The molecule has 1 saturated carbocycles. The van der Waals surface area contributed by atoms with E-state index < -0.39 is 0 Å². The van der Waals surface area contributed by atoms with E-state index in [0.29, 0.717) is 42.8 Å². The van der Waals surface area contributed by atoms with Crippen molar-refractivity contribution < 1.29 is 4.79 Å². The van der Waals surface area contributed by atoms with E-state index in [-0.39, 0.29) is 5.91 Å². The molecule has 2 rings (SSSR count). The van der Waals surface area contributed by atoms with Crippen LogP contribution in [0.2, 0.25) is 0 Å². The quantitative estimate of drug-likeness (QED) is 0.689. The molecule has 0 bridgehead atoms. The molecular formula is C17H27N5O. The molecule has 0 unspecified atom stereocenters. The van der Waals surface area contributed by atoms with Crippen LogP contribution in [0.3, 0.4) is 0 Å². The predicted molar refractivity (Wildman–Crippen MR) is 93.4 cm³/mol. The zero-order valence-corrected chi connectivity index (χ0v) is 13.6. The van der Waals surface area contributed by atoms with Crippen LogP contribution in [-0.2, 0) is 4.79 Å². The largest absolute Gasteiger partial charge is 0.404 e. The Labute approximate surface area is 138 Å². The molecule has 0 radical (unpaired) electrons. The molecule has 5 N–H and O–H groups in total. The Kier molecular flexibility index (Phi) is 6.40. The van der Waals surface area contributed by atoms with Crippen molar-refractivity contribution in [1.29, 1.82) is 0 Å². The van der Waals surface area contributed by atoms with Crippen LogP contribution in [0.25, 0.3) is 0 Å². The van der Waals surface area contributed by atoms with Gasteiger partial charge in [0.25, 0.3) is 5.91 Å². The second kappa shape index (κ2) is 8.53. The monoisotopic (exact) mass is 317 g/mol. The SMILES string of the molecule is C=C(/N=C1\C(=C/N)C=CC(=O)N1CCCN)NC1CCCCC1. The molecule has 23 heavy (non-hydrogen) atoms. The molecule has 0 aromatic carbocycles. The summed E-state index contributed by atoms with van der Waals surface area (Å²) >= 11 is 0. The van der Waals surface area contributed by atoms with Crippen LogP contribution in [0.4, 0.5) is 0 Å². The molecule has 6 nitrogen and oxygen atoms in total. The van der Waals surface area contributed by atoms with Gasteiger partial charge < -0.3 is 16.8 Å². The van der Waals surface area contributed by atoms with Gasteiger partial charge in [0.1, 0.15) is 11.7 Å². The maximum Gasteiger partial charge on any atom is 0.252 e. The number of hydrogen-bond donors (Lipinski definition) is 3. The van der Waals surface area contributed by atoms with Gasteiger partial charge in [-0.2, -0.15) is 0 Å². The Balaban J connectivity index is 2.14. The van der Waals surface area contributed by atoms with Gasteiger partial charge in [-0.15, -0.1) is 0 Å². The molecule has 2 aliphatic rings. The molecule has 0 saturated heterocycles. The van der Waals surface area contributed by atoms with E-state index in [1.54, 1.807) is 11.0 Å². The maximum absolute atomic E-state index is 12.1. The molecule has 0 aromatic heterocycles. The lowest BCUT2D eigenvalue weighted by Crippen LogP contribution is -2.41. The predicted octanol–water partition coefficient (Wildman–Crippen LogP) is 1.37. The van der Waals surface area contributed by atoms with E-state index in [0.717, 1.165) is 12.8 Å². The number of rotatable bonds is 6. The van der Waals surface area contributed by atoms with Crippen LogP contribution in [0, 0.1) is 0 Å². The maximum atomic E-state index is 12.1. The van der Waals surface area contributed by atoms with Gasteiger partial charge in [0.15, 0.2) is 0 Å². The normalized spacial score (nSPS) is 22.8. The minimum Gasteiger partial charge on any atom is -0.404 e. The Hall–Kier alpha value is -2.08. The fourth-order valence-electron chi connectivity index (χ4n) is 2.95. The van der Waals surface area contributed by atoms with E-state index in [2.05, 4.69) is 16.9 Å². The van der Waals surface area contributed by atoms with Crippen molar-refractivity contribution in [2.24, 2.45) is 16.5 Å². The first-order chi connectivity index (χ1) is 11.2. The smallest absolute Gasteiger partial charge is 0.252 e. The first kappa shape index (κ1) is 17.3. The van der Waals surface area contributed by atoms with Gasteiger partial charge in [-0.05, 0) is 31.9 Å². The van der Waals surface area contributed by atoms with E-state index >= 15 is 0 Å². The summed E-state index contributed by atoms with van der Waals surface area (Å²) in [6, 6.07) is 0.415. The molecule has 0 spiro atoms. The molecular weight excluding hydrogens is 290 g/mol. The summed E-state index contributed by atoms with van der Waals surface area (Å²) < 4.78 is 0.